The van der Waals surface area contributed by atoms with Gasteiger partial charge in [0.05, 0.1) is 0 Å². The van der Waals surface area contributed by atoms with Gasteiger partial charge in [0.1, 0.15) is 0 Å². The summed E-state index contributed by atoms with van der Waals surface area (Å²) in [4.78, 5) is 12.1. The molecule has 0 atom stereocenters. The Morgan fingerprint density at radius 3 is 2.35 bits per heavy atom. The largest absolute Gasteiger partial charge is 0.350 e. The van der Waals surface area contributed by atoms with Crippen LogP contribution in [0, 0.1) is 5.92 Å². The summed E-state index contributed by atoms with van der Waals surface area (Å²) in [7, 11) is 0. The predicted molar refractivity (Wildman–Crippen MR) is 68.6 cm³/mol. The van der Waals surface area contributed by atoms with Crippen LogP contribution in [0.5, 0.6) is 0 Å². The van der Waals surface area contributed by atoms with Crippen LogP contribution in [0.4, 0.5) is 0 Å². The molecule has 1 aliphatic rings. The predicted octanol–water partition coefficient (Wildman–Crippen LogP) is 1.25. The topological polar surface area (TPSA) is 55.1 Å². The monoisotopic (exact) mass is 232 g/mol. The van der Waals surface area contributed by atoms with Crippen molar-refractivity contribution >= 4 is 5.91 Å². The Labute approximate surface area is 102 Å². The molecule has 3 nitrogen and oxygen atoms in total. The van der Waals surface area contributed by atoms with Crippen LogP contribution in [0.25, 0.3) is 0 Å². The molecule has 0 saturated carbocycles. The molecule has 3 N–H and O–H groups in total. The van der Waals surface area contributed by atoms with Gasteiger partial charge in [0.15, 0.2) is 0 Å². The number of hydrogen-bond donors (Lipinski definition) is 2. The molecule has 0 saturated heterocycles. The van der Waals surface area contributed by atoms with Crippen LogP contribution in [0.1, 0.15) is 25.0 Å². The summed E-state index contributed by atoms with van der Waals surface area (Å²) < 4.78 is 0. The highest BCUT2D eigenvalue weighted by Gasteiger charge is 2.29. The molecule has 0 spiro atoms. The van der Waals surface area contributed by atoms with Gasteiger partial charge in [-0.1, -0.05) is 24.3 Å². The average Bonchev–Trinajstić information content (AvgIpc) is 2.72. The van der Waals surface area contributed by atoms with E-state index in [1.54, 1.807) is 0 Å². The fraction of sp³-hybridized carbons (Fsp3) is 0.500. The second kappa shape index (κ2) is 4.49. The van der Waals surface area contributed by atoms with Crippen molar-refractivity contribution in [1.82, 2.24) is 5.32 Å². The van der Waals surface area contributed by atoms with E-state index < -0.39 is 0 Å². The zero-order valence-electron chi connectivity index (χ0n) is 10.5. The van der Waals surface area contributed by atoms with Crippen LogP contribution in [-0.2, 0) is 17.6 Å². The van der Waals surface area contributed by atoms with E-state index in [1.165, 1.54) is 11.1 Å². The lowest BCUT2D eigenvalue weighted by molar-refractivity contribution is -0.126. The molecular weight excluding hydrogens is 212 g/mol. The normalized spacial score (nSPS) is 15.7. The lowest BCUT2D eigenvalue weighted by Crippen LogP contribution is -2.50. The molecule has 0 aromatic heterocycles. The molecule has 17 heavy (non-hydrogen) atoms. The van der Waals surface area contributed by atoms with Crippen LogP contribution in [0.2, 0.25) is 0 Å². The summed E-state index contributed by atoms with van der Waals surface area (Å²) in [5, 5.41) is 3.02. The van der Waals surface area contributed by atoms with E-state index in [9.17, 15) is 4.79 Å². The SMILES string of the molecule is CC(C)(CN)NC(=O)C1Cc2ccccc2C1. The first-order valence-corrected chi connectivity index (χ1v) is 6.11. The van der Waals surface area contributed by atoms with E-state index in [-0.39, 0.29) is 17.4 Å². The molecule has 1 aliphatic carbocycles. The first kappa shape index (κ1) is 12.1. The number of nitrogens with two attached hydrogens (primary N) is 1. The fourth-order valence-electron chi connectivity index (χ4n) is 2.23. The van der Waals surface area contributed by atoms with Crippen molar-refractivity contribution in [3.05, 3.63) is 35.4 Å². The molecule has 1 aromatic carbocycles. The maximum absolute atomic E-state index is 12.1. The molecule has 1 amide bonds. The number of rotatable bonds is 3. The minimum absolute atomic E-state index is 0.0678. The van der Waals surface area contributed by atoms with Gasteiger partial charge in [0.2, 0.25) is 5.91 Å². The second-order valence-corrected chi connectivity index (χ2v) is 5.45. The average molecular weight is 232 g/mol. The molecule has 92 valence electrons. The molecule has 0 fully saturated rings. The zero-order chi connectivity index (χ0) is 12.5. The number of nitrogens with one attached hydrogen (secondary N) is 1. The Hall–Kier alpha value is -1.35. The Kier molecular flexibility index (Phi) is 3.20. The second-order valence-electron chi connectivity index (χ2n) is 5.45. The minimum atomic E-state index is -0.314. The summed E-state index contributed by atoms with van der Waals surface area (Å²) in [5.74, 6) is 0.190. The zero-order valence-corrected chi connectivity index (χ0v) is 10.5. The summed E-state index contributed by atoms with van der Waals surface area (Å²) in [6, 6.07) is 8.28. The van der Waals surface area contributed by atoms with Crippen molar-refractivity contribution in [3.63, 3.8) is 0 Å². The third-order valence-electron chi connectivity index (χ3n) is 3.39. The van der Waals surface area contributed by atoms with Crippen molar-refractivity contribution < 1.29 is 4.79 Å². The highest BCUT2D eigenvalue weighted by Crippen LogP contribution is 2.26. The van der Waals surface area contributed by atoms with Gasteiger partial charge >= 0.3 is 0 Å². The van der Waals surface area contributed by atoms with Crippen LogP contribution in [0.3, 0.4) is 0 Å². The third-order valence-corrected chi connectivity index (χ3v) is 3.39. The first-order chi connectivity index (χ1) is 8.02. The van der Waals surface area contributed by atoms with E-state index in [2.05, 4.69) is 17.4 Å². The van der Waals surface area contributed by atoms with E-state index in [0.717, 1.165) is 12.8 Å². The molecule has 3 heteroatoms. The molecule has 0 heterocycles. The Balaban J connectivity index is 2.01. The van der Waals surface area contributed by atoms with Crippen LogP contribution >= 0.6 is 0 Å². The molecule has 1 aromatic rings. The van der Waals surface area contributed by atoms with Crippen molar-refractivity contribution in [2.24, 2.45) is 11.7 Å². The quantitative estimate of drug-likeness (QED) is 0.824. The molecule has 0 aliphatic heterocycles. The maximum atomic E-state index is 12.1. The van der Waals surface area contributed by atoms with Crippen molar-refractivity contribution in [2.45, 2.75) is 32.2 Å². The van der Waals surface area contributed by atoms with Crippen molar-refractivity contribution in [1.29, 1.82) is 0 Å². The van der Waals surface area contributed by atoms with Gasteiger partial charge < -0.3 is 11.1 Å². The molecule has 2 rings (SSSR count). The smallest absolute Gasteiger partial charge is 0.224 e. The van der Waals surface area contributed by atoms with Gasteiger partial charge in [-0.3, -0.25) is 4.79 Å². The number of amides is 1. The summed E-state index contributed by atoms with van der Waals surface area (Å²) in [6.07, 6.45) is 1.70. The van der Waals surface area contributed by atoms with Crippen LogP contribution in [0.15, 0.2) is 24.3 Å². The van der Waals surface area contributed by atoms with Gasteiger partial charge in [-0.25, -0.2) is 0 Å². The summed E-state index contributed by atoms with van der Waals surface area (Å²) in [6.45, 7) is 4.36. The van der Waals surface area contributed by atoms with Crippen LogP contribution < -0.4 is 11.1 Å². The maximum Gasteiger partial charge on any atom is 0.224 e. The molecular formula is C14H20N2O. The highest BCUT2D eigenvalue weighted by atomic mass is 16.2. The van der Waals surface area contributed by atoms with Gasteiger partial charge in [0.25, 0.3) is 0 Å². The van der Waals surface area contributed by atoms with E-state index in [0.29, 0.717) is 6.54 Å². The molecule has 0 bridgehead atoms. The van der Waals surface area contributed by atoms with E-state index in [1.807, 2.05) is 26.0 Å². The van der Waals surface area contributed by atoms with Gasteiger partial charge in [0, 0.05) is 18.0 Å². The summed E-state index contributed by atoms with van der Waals surface area (Å²) in [5.41, 5.74) is 7.92. The minimum Gasteiger partial charge on any atom is -0.350 e. The number of benzene rings is 1. The van der Waals surface area contributed by atoms with Crippen LogP contribution in [-0.4, -0.2) is 18.0 Å². The fourth-order valence-corrected chi connectivity index (χ4v) is 2.23. The van der Waals surface area contributed by atoms with E-state index in [4.69, 9.17) is 5.73 Å². The Bertz CT molecular complexity index is 401. The molecule has 0 unspecified atom stereocenters. The van der Waals surface area contributed by atoms with Crippen molar-refractivity contribution in [3.8, 4) is 0 Å². The van der Waals surface area contributed by atoms with E-state index >= 15 is 0 Å². The lowest BCUT2D eigenvalue weighted by Gasteiger charge is -2.26. The van der Waals surface area contributed by atoms with Gasteiger partial charge in [-0.05, 0) is 37.8 Å². The van der Waals surface area contributed by atoms with Gasteiger partial charge in [-0.2, -0.15) is 0 Å². The number of hydrogen-bond acceptors (Lipinski definition) is 2. The lowest BCUT2D eigenvalue weighted by atomic mass is 10.0. The number of carbonyl (C=O) groups excluding carboxylic acids is 1. The number of fused-ring (bicyclic) bond motifs is 1. The van der Waals surface area contributed by atoms with Crippen molar-refractivity contribution in [2.75, 3.05) is 6.54 Å². The molecule has 0 radical (unpaired) electrons. The van der Waals surface area contributed by atoms with Gasteiger partial charge in [-0.15, -0.1) is 0 Å². The first-order valence-electron chi connectivity index (χ1n) is 6.11. The number of carbonyl (C=O) groups is 1. The Morgan fingerprint density at radius 2 is 1.88 bits per heavy atom. The summed E-state index contributed by atoms with van der Waals surface area (Å²) >= 11 is 0. The Morgan fingerprint density at radius 1 is 1.35 bits per heavy atom. The third kappa shape index (κ3) is 2.67. The standard InChI is InChI=1S/C14H20N2O/c1-14(2,9-15)16-13(17)12-7-10-5-3-4-6-11(10)8-12/h3-6,12H,7-9,15H2,1-2H3,(H,16,17). The highest BCUT2D eigenvalue weighted by molar-refractivity contribution is 5.81.